The first kappa shape index (κ1) is 12.7. The van der Waals surface area contributed by atoms with Crippen LogP contribution in [0.2, 0.25) is 0 Å². The first-order chi connectivity index (χ1) is 8.24. The maximum absolute atomic E-state index is 11.4. The predicted octanol–water partition coefficient (Wildman–Crippen LogP) is 1.21. The minimum Gasteiger partial charge on any atom is -0.314 e. The van der Waals surface area contributed by atoms with E-state index in [0.717, 1.165) is 11.7 Å². The maximum atomic E-state index is 11.4. The van der Waals surface area contributed by atoms with Crippen LogP contribution in [0.3, 0.4) is 0 Å². The molecule has 2 rings (SSSR count). The lowest BCUT2D eigenvalue weighted by Crippen LogP contribution is -2.26. The highest BCUT2D eigenvalue weighted by molar-refractivity contribution is 7.99. The van der Waals surface area contributed by atoms with E-state index in [1.165, 1.54) is 19.3 Å². The third kappa shape index (κ3) is 2.93. The van der Waals surface area contributed by atoms with E-state index in [-0.39, 0.29) is 5.69 Å². The Morgan fingerprint density at radius 3 is 3.06 bits per heavy atom. The summed E-state index contributed by atoms with van der Waals surface area (Å²) in [5, 5.41) is 11.5. The van der Waals surface area contributed by atoms with Gasteiger partial charge in [0.15, 0.2) is 5.16 Å². The molecule has 0 bridgehead atoms. The van der Waals surface area contributed by atoms with E-state index in [1.807, 2.05) is 6.92 Å². The van der Waals surface area contributed by atoms with Crippen LogP contribution in [0, 0.1) is 0 Å². The van der Waals surface area contributed by atoms with Crippen LogP contribution in [0.4, 0.5) is 0 Å². The number of hydrogen-bond acceptors (Lipinski definition) is 4. The summed E-state index contributed by atoms with van der Waals surface area (Å²) >= 11 is 1.73. The summed E-state index contributed by atoms with van der Waals surface area (Å²) in [5.74, 6) is 0. The van der Waals surface area contributed by atoms with Crippen molar-refractivity contribution in [2.45, 2.75) is 56.1 Å². The lowest BCUT2D eigenvalue weighted by Gasteiger charge is -2.11. The summed E-state index contributed by atoms with van der Waals surface area (Å²) in [6.07, 6.45) is 3.60. The summed E-state index contributed by atoms with van der Waals surface area (Å²) < 4.78 is 1.70. The first-order valence-electron chi connectivity index (χ1n) is 6.29. The van der Waals surface area contributed by atoms with Crippen molar-refractivity contribution in [1.29, 1.82) is 0 Å². The molecule has 1 saturated carbocycles. The van der Waals surface area contributed by atoms with E-state index in [2.05, 4.69) is 22.4 Å². The zero-order valence-electron chi connectivity index (χ0n) is 10.4. The van der Waals surface area contributed by atoms with Crippen molar-refractivity contribution >= 4 is 11.8 Å². The molecule has 1 aromatic heterocycles. The van der Waals surface area contributed by atoms with Gasteiger partial charge in [-0.05, 0) is 32.7 Å². The summed E-state index contributed by atoms with van der Waals surface area (Å²) in [4.78, 5) is 11.4. The molecule has 6 heteroatoms. The van der Waals surface area contributed by atoms with E-state index in [9.17, 15) is 4.79 Å². The Morgan fingerprint density at radius 1 is 1.53 bits per heavy atom. The molecule has 0 aliphatic heterocycles. The van der Waals surface area contributed by atoms with Gasteiger partial charge in [0.2, 0.25) is 0 Å². The predicted molar refractivity (Wildman–Crippen MR) is 69.5 cm³/mol. The van der Waals surface area contributed by atoms with Gasteiger partial charge in [0.1, 0.15) is 0 Å². The van der Waals surface area contributed by atoms with Crippen molar-refractivity contribution in [1.82, 2.24) is 20.1 Å². The second kappa shape index (κ2) is 5.73. The molecule has 2 N–H and O–H groups in total. The van der Waals surface area contributed by atoms with Gasteiger partial charge in [0.25, 0.3) is 0 Å². The van der Waals surface area contributed by atoms with Crippen LogP contribution in [-0.4, -0.2) is 32.6 Å². The van der Waals surface area contributed by atoms with E-state index in [0.29, 0.717) is 17.8 Å². The number of nitrogens with zero attached hydrogens (tertiary/aromatic N) is 2. The molecule has 5 nitrogen and oxygen atoms in total. The molecule has 96 valence electrons. The fourth-order valence-corrected chi connectivity index (χ4v) is 3.66. The van der Waals surface area contributed by atoms with Gasteiger partial charge in [-0.1, -0.05) is 18.7 Å². The average Bonchev–Trinajstić information content (AvgIpc) is 2.88. The monoisotopic (exact) mass is 256 g/mol. The fourth-order valence-electron chi connectivity index (χ4n) is 2.34. The Hall–Kier alpha value is -0.750. The number of H-pyrrole nitrogens is 1. The number of aromatic nitrogens is 3. The van der Waals surface area contributed by atoms with Crippen molar-refractivity contribution in [3.8, 4) is 0 Å². The molecule has 0 amide bonds. The molecule has 0 saturated heterocycles. The van der Waals surface area contributed by atoms with Gasteiger partial charge in [-0.3, -0.25) is 4.57 Å². The number of aromatic amines is 1. The van der Waals surface area contributed by atoms with Crippen LogP contribution in [0.1, 0.15) is 33.1 Å². The third-order valence-electron chi connectivity index (χ3n) is 3.19. The van der Waals surface area contributed by atoms with Crippen molar-refractivity contribution in [3.05, 3.63) is 10.5 Å². The molecule has 2 unspecified atom stereocenters. The van der Waals surface area contributed by atoms with Gasteiger partial charge < -0.3 is 5.32 Å². The third-order valence-corrected chi connectivity index (χ3v) is 4.47. The van der Waals surface area contributed by atoms with Crippen LogP contribution < -0.4 is 11.0 Å². The van der Waals surface area contributed by atoms with E-state index >= 15 is 0 Å². The molecule has 2 atom stereocenters. The highest BCUT2D eigenvalue weighted by Gasteiger charge is 2.26. The number of rotatable bonds is 5. The molecule has 1 aliphatic carbocycles. The minimum absolute atomic E-state index is 0.101. The first-order valence-corrected chi connectivity index (χ1v) is 7.17. The normalized spacial score (nSPS) is 24.4. The van der Waals surface area contributed by atoms with Crippen molar-refractivity contribution in [2.24, 2.45) is 0 Å². The van der Waals surface area contributed by atoms with Gasteiger partial charge in [0.05, 0.1) is 0 Å². The van der Waals surface area contributed by atoms with Gasteiger partial charge in [-0.15, -0.1) is 5.10 Å². The Labute approximate surface area is 105 Å². The summed E-state index contributed by atoms with van der Waals surface area (Å²) in [6.45, 7) is 5.82. The van der Waals surface area contributed by atoms with Crippen LogP contribution in [-0.2, 0) is 6.54 Å². The Balaban J connectivity index is 1.95. The molecule has 1 heterocycles. The Morgan fingerprint density at radius 2 is 2.35 bits per heavy atom. The Bertz CT molecular complexity index is 414. The lowest BCUT2D eigenvalue weighted by atomic mass is 10.2. The summed E-state index contributed by atoms with van der Waals surface area (Å²) in [5.41, 5.74) is -0.101. The number of hydrogen-bond donors (Lipinski definition) is 2. The summed E-state index contributed by atoms with van der Waals surface area (Å²) in [7, 11) is 0. The zero-order chi connectivity index (χ0) is 12.3. The van der Waals surface area contributed by atoms with E-state index in [4.69, 9.17) is 0 Å². The highest BCUT2D eigenvalue weighted by Crippen LogP contribution is 2.33. The van der Waals surface area contributed by atoms with Crippen LogP contribution in [0.5, 0.6) is 0 Å². The van der Waals surface area contributed by atoms with Gasteiger partial charge >= 0.3 is 5.69 Å². The van der Waals surface area contributed by atoms with Crippen LogP contribution in [0.15, 0.2) is 9.95 Å². The molecule has 1 aromatic rings. The average molecular weight is 256 g/mol. The van der Waals surface area contributed by atoms with Crippen LogP contribution in [0.25, 0.3) is 0 Å². The molecule has 0 spiro atoms. The van der Waals surface area contributed by atoms with Gasteiger partial charge in [-0.25, -0.2) is 9.89 Å². The van der Waals surface area contributed by atoms with Crippen LogP contribution >= 0.6 is 11.8 Å². The molecule has 1 aliphatic rings. The molecule has 1 fully saturated rings. The van der Waals surface area contributed by atoms with Crippen molar-refractivity contribution < 1.29 is 0 Å². The van der Waals surface area contributed by atoms with Gasteiger partial charge in [-0.2, -0.15) is 0 Å². The highest BCUT2D eigenvalue weighted by atomic mass is 32.2. The largest absolute Gasteiger partial charge is 0.343 e. The van der Waals surface area contributed by atoms with Gasteiger partial charge in [0, 0.05) is 17.8 Å². The standard InChI is InChI=1S/C11H20N4OS/c1-3-12-8-5-6-9(7-8)17-11-14-13-10(16)15(11)4-2/h8-9,12H,3-7H2,1-2H3,(H,13,16). The molecule has 0 aromatic carbocycles. The topological polar surface area (TPSA) is 62.7 Å². The second-order valence-corrected chi connectivity index (χ2v) is 5.63. The van der Waals surface area contributed by atoms with Crippen molar-refractivity contribution in [3.63, 3.8) is 0 Å². The number of thioether (sulfide) groups is 1. The lowest BCUT2D eigenvalue weighted by molar-refractivity contribution is 0.543. The van der Waals surface area contributed by atoms with E-state index < -0.39 is 0 Å². The summed E-state index contributed by atoms with van der Waals surface area (Å²) in [6, 6.07) is 0.637. The molecular formula is C11H20N4OS. The molecular weight excluding hydrogens is 236 g/mol. The molecule has 0 radical (unpaired) electrons. The minimum atomic E-state index is -0.101. The maximum Gasteiger partial charge on any atom is 0.343 e. The second-order valence-electron chi connectivity index (χ2n) is 4.36. The fraction of sp³-hybridized carbons (Fsp3) is 0.818. The quantitative estimate of drug-likeness (QED) is 0.831. The van der Waals surface area contributed by atoms with Crippen molar-refractivity contribution in [2.75, 3.05) is 6.54 Å². The number of nitrogens with one attached hydrogen (secondary N) is 2. The molecule has 17 heavy (non-hydrogen) atoms. The van der Waals surface area contributed by atoms with E-state index in [1.54, 1.807) is 16.3 Å². The zero-order valence-corrected chi connectivity index (χ0v) is 11.2. The SMILES string of the molecule is CCNC1CCC(Sc2n[nH]c(=O)n2CC)C1. The smallest absolute Gasteiger partial charge is 0.314 e. The Kier molecular flexibility index (Phi) is 4.28.